The van der Waals surface area contributed by atoms with Gasteiger partial charge in [0.1, 0.15) is 5.82 Å². The van der Waals surface area contributed by atoms with Crippen LogP contribution in [-0.2, 0) is 21.2 Å². The van der Waals surface area contributed by atoms with Crippen molar-refractivity contribution in [2.45, 2.75) is 38.4 Å². The van der Waals surface area contributed by atoms with Crippen molar-refractivity contribution >= 4 is 34.2 Å². The zero-order valence-electron chi connectivity index (χ0n) is 15.1. The molecule has 0 spiro atoms. The van der Waals surface area contributed by atoms with Gasteiger partial charge in [0.2, 0.25) is 10.0 Å². The van der Waals surface area contributed by atoms with Gasteiger partial charge in [-0.25, -0.2) is 18.9 Å². The Bertz CT molecular complexity index is 676. The van der Waals surface area contributed by atoms with Crippen LogP contribution < -0.4 is 10.4 Å². The van der Waals surface area contributed by atoms with Crippen LogP contribution in [0.2, 0.25) is 0 Å². The molecule has 1 amide bonds. The fourth-order valence-electron chi connectivity index (χ4n) is 2.75. The number of halogens is 1. The summed E-state index contributed by atoms with van der Waals surface area (Å²) in [6, 6.07) is 4.03. The molecule has 0 bridgehead atoms. The van der Waals surface area contributed by atoms with Gasteiger partial charge in [0, 0.05) is 32.4 Å². The summed E-state index contributed by atoms with van der Waals surface area (Å²) in [5.41, 5.74) is 2.60. The highest BCUT2D eigenvalue weighted by Gasteiger charge is 2.35. The number of nitrogens with one attached hydrogen (secondary N) is 1. The normalized spacial score (nSPS) is 16.7. The zero-order chi connectivity index (χ0) is 18.4. The van der Waals surface area contributed by atoms with E-state index in [2.05, 4.69) is 18.0 Å². The van der Waals surface area contributed by atoms with Gasteiger partial charge in [-0.1, -0.05) is 19.4 Å². The summed E-state index contributed by atoms with van der Waals surface area (Å²) in [6.07, 6.45) is 5.17. The maximum atomic E-state index is 12.4. The van der Waals surface area contributed by atoms with Gasteiger partial charge in [0.25, 0.3) is 5.91 Å². The average Bonchev–Trinajstić information content (AvgIpc) is 2.65. The van der Waals surface area contributed by atoms with Crippen molar-refractivity contribution in [1.29, 1.82) is 0 Å². The van der Waals surface area contributed by atoms with Crippen LogP contribution in [0.5, 0.6) is 0 Å². The summed E-state index contributed by atoms with van der Waals surface area (Å²) >= 11 is 0. The van der Waals surface area contributed by atoms with Gasteiger partial charge in [-0.15, -0.1) is 12.4 Å². The number of sulfonamides is 1. The molecule has 2 rings (SSSR count). The van der Waals surface area contributed by atoms with E-state index in [9.17, 15) is 13.2 Å². The summed E-state index contributed by atoms with van der Waals surface area (Å²) in [4.78, 5) is 17.9. The average molecular weight is 407 g/mol. The lowest BCUT2D eigenvalue weighted by atomic mass is 10.1. The third-order valence-corrected chi connectivity index (χ3v) is 6.67. The molecule has 8 nitrogen and oxygen atoms in total. The van der Waals surface area contributed by atoms with Crippen molar-refractivity contribution in [3.63, 3.8) is 0 Å². The van der Waals surface area contributed by atoms with Crippen LogP contribution in [0.3, 0.4) is 0 Å². The highest BCUT2D eigenvalue weighted by atomic mass is 35.5. The third kappa shape index (κ3) is 5.29. The molecule has 1 aliphatic rings. The van der Waals surface area contributed by atoms with Crippen LogP contribution in [0.4, 0.5) is 5.82 Å². The molecule has 10 heteroatoms. The van der Waals surface area contributed by atoms with Crippen molar-refractivity contribution in [1.82, 2.24) is 14.8 Å². The first-order valence-corrected chi connectivity index (χ1v) is 10.0. The second-order valence-electron chi connectivity index (χ2n) is 6.18. The van der Waals surface area contributed by atoms with Gasteiger partial charge in [-0.2, -0.15) is 4.31 Å². The van der Waals surface area contributed by atoms with Gasteiger partial charge < -0.3 is 4.90 Å². The van der Waals surface area contributed by atoms with E-state index in [4.69, 9.17) is 5.21 Å². The number of aryl methyl sites for hydroxylation is 1. The van der Waals surface area contributed by atoms with Gasteiger partial charge in [-0.05, 0) is 31.4 Å². The molecule has 0 aromatic carbocycles. The SMILES string of the molecule is CCCCc1ccc(N2CCN(S(=O)(=O)C(C)C(=O)NO)CC2)nc1.Cl. The van der Waals surface area contributed by atoms with Gasteiger partial charge in [0.05, 0.1) is 0 Å². The Morgan fingerprint density at radius 2 is 1.96 bits per heavy atom. The number of pyridine rings is 1. The van der Waals surface area contributed by atoms with Crippen LogP contribution >= 0.6 is 12.4 Å². The molecule has 0 radical (unpaired) electrons. The Labute approximate surface area is 161 Å². The molecule has 1 atom stereocenters. The minimum atomic E-state index is -3.78. The van der Waals surface area contributed by atoms with Crippen molar-refractivity contribution < 1.29 is 18.4 Å². The number of hydrogen-bond donors (Lipinski definition) is 2. The zero-order valence-corrected chi connectivity index (χ0v) is 16.7. The number of carbonyl (C=O) groups excluding carboxylic acids is 1. The fourth-order valence-corrected chi connectivity index (χ4v) is 4.20. The number of unbranched alkanes of at least 4 members (excludes halogenated alkanes) is 1. The standard InChI is InChI=1S/C16H26N4O4S.ClH/c1-3-4-5-14-6-7-15(17-12-14)19-8-10-20(11-9-19)25(23,24)13(2)16(21)18-22;/h6-7,12-13,22H,3-5,8-11H2,1-2H3,(H,18,21);1H. The first-order chi connectivity index (χ1) is 11.9. The summed E-state index contributed by atoms with van der Waals surface area (Å²) < 4.78 is 26.1. The quantitative estimate of drug-likeness (QED) is 0.520. The molecule has 26 heavy (non-hydrogen) atoms. The van der Waals surface area contributed by atoms with Gasteiger partial charge in [0.15, 0.2) is 5.25 Å². The Morgan fingerprint density at radius 1 is 1.31 bits per heavy atom. The Kier molecular flexibility index (Phi) is 8.75. The summed E-state index contributed by atoms with van der Waals surface area (Å²) in [5.74, 6) is -0.0924. The molecule has 1 fully saturated rings. The minimum Gasteiger partial charge on any atom is -0.354 e. The molecule has 148 valence electrons. The lowest BCUT2D eigenvalue weighted by Crippen LogP contribution is -2.53. The molecular weight excluding hydrogens is 380 g/mol. The van der Waals surface area contributed by atoms with E-state index in [1.165, 1.54) is 22.3 Å². The number of anilines is 1. The monoisotopic (exact) mass is 406 g/mol. The number of carbonyl (C=O) groups is 1. The van der Waals surface area contributed by atoms with Crippen LogP contribution in [-0.4, -0.2) is 60.3 Å². The number of piperazine rings is 1. The van der Waals surface area contributed by atoms with E-state index in [-0.39, 0.29) is 25.5 Å². The van der Waals surface area contributed by atoms with E-state index in [0.29, 0.717) is 13.1 Å². The molecular formula is C16H27ClN4O4S. The maximum Gasteiger partial charge on any atom is 0.262 e. The highest BCUT2D eigenvalue weighted by Crippen LogP contribution is 2.18. The van der Waals surface area contributed by atoms with Crippen LogP contribution in [0.1, 0.15) is 32.3 Å². The predicted molar refractivity (Wildman–Crippen MR) is 102 cm³/mol. The van der Waals surface area contributed by atoms with E-state index in [0.717, 1.165) is 25.1 Å². The molecule has 2 heterocycles. The highest BCUT2D eigenvalue weighted by molar-refractivity contribution is 7.90. The minimum absolute atomic E-state index is 0. The van der Waals surface area contributed by atoms with Crippen LogP contribution in [0.15, 0.2) is 18.3 Å². The first kappa shape index (κ1) is 22.6. The molecule has 2 N–H and O–H groups in total. The topological polar surface area (TPSA) is 103 Å². The molecule has 0 saturated carbocycles. The molecule has 1 saturated heterocycles. The molecule has 1 aliphatic heterocycles. The van der Waals surface area contributed by atoms with Crippen LogP contribution in [0, 0.1) is 0 Å². The number of aromatic nitrogens is 1. The van der Waals surface area contributed by atoms with Crippen molar-refractivity contribution in [2.75, 3.05) is 31.1 Å². The molecule has 0 aliphatic carbocycles. The number of rotatable bonds is 7. The number of nitrogens with zero attached hydrogens (tertiary/aromatic N) is 3. The number of amides is 1. The lowest BCUT2D eigenvalue weighted by Gasteiger charge is -2.35. The molecule has 1 aromatic heterocycles. The van der Waals surface area contributed by atoms with Crippen molar-refractivity contribution in [3.8, 4) is 0 Å². The Hall–Kier alpha value is -1.42. The van der Waals surface area contributed by atoms with Crippen LogP contribution in [0.25, 0.3) is 0 Å². The van der Waals surface area contributed by atoms with Gasteiger partial charge in [-0.3, -0.25) is 10.0 Å². The number of hydroxylamine groups is 1. The maximum absolute atomic E-state index is 12.4. The van der Waals surface area contributed by atoms with Crippen molar-refractivity contribution in [2.24, 2.45) is 0 Å². The third-order valence-electron chi connectivity index (χ3n) is 4.48. The van der Waals surface area contributed by atoms with Crippen molar-refractivity contribution in [3.05, 3.63) is 23.9 Å². The second-order valence-corrected chi connectivity index (χ2v) is 8.43. The Morgan fingerprint density at radius 3 is 2.46 bits per heavy atom. The smallest absolute Gasteiger partial charge is 0.262 e. The fraction of sp³-hybridized carbons (Fsp3) is 0.625. The summed E-state index contributed by atoms with van der Waals surface area (Å²) in [7, 11) is -3.78. The van der Waals surface area contributed by atoms with E-state index >= 15 is 0 Å². The summed E-state index contributed by atoms with van der Waals surface area (Å²) in [5, 5.41) is 7.32. The van der Waals surface area contributed by atoms with Gasteiger partial charge >= 0.3 is 0 Å². The number of hydrogen-bond acceptors (Lipinski definition) is 6. The van der Waals surface area contributed by atoms with E-state index < -0.39 is 21.2 Å². The largest absolute Gasteiger partial charge is 0.354 e. The van der Waals surface area contributed by atoms with E-state index in [1.807, 2.05) is 17.2 Å². The lowest BCUT2D eigenvalue weighted by molar-refractivity contribution is -0.128. The first-order valence-electron chi connectivity index (χ1n) is 8.53. The molecule has 1 aromatic rings. The second kappa shape index (κ2) is 10.1. The molecule has 1 unspecified atom stereocenters. The van der Waals surface area contributed by atoms with E-state index in [1.54, 1.807) is 0 Å². The Balaban J connectivity index is 0.00000338. The summed E-state index contributed by atoms with van der Waals surface area (Å²) in [6.45, 7) is 5.00. The predicted octanol–water partition coefficient (Wildman–Crippen LogP) is 1.19.